The van der Waals surface area contributed by atoms with Gasteiger partial charge in [-0.2, -0.15) is 0 Å². The molecular weight excluding hydrogens is 568 g/mol. The topological polar surface area (TPSA) is 115 Å². The van der Waals surface area contributed by atoms with E-state index < -0.39 is 23.7 Å². The lowest BCUT2D eigenvalue weighted by molar-refractivity contribution is -0.132. The summed E-state index contributed by atoms with van der Waals surface area (Å²) in [6.45, 7) is 3.90. The fourth-order valence-corrected chi connectivity index (χ4v) is 6.36. The second kappa shape index (κ2) is 11.4. The highest BCUT2D eigenvalue weighted by atomic mass is 32.1. The zero-order valence-electron chi connectivity index (χ0n) is 23.7. The molecule has 2 atom stereocenters. The third-order valence-corrected chi connectivity index (χ3v) is 8.53. The van der Waals surface area contributed by atoms with E-state index >= 15 is 0 Å². The molecular formula is C33H28N2O7S. The lowest BCUT2D eigenvalue weighted by atomic mass is 9.94. The van der Waals surface area contributed by atoms with E-state index in [0.29, 0.717) is 35.6 Å². The Kier molecular flexibility index (Phi) is 7.45. The van der Waals surface area contributed by atoms with Gasteiger partial charge in [0.25, 0.3) is 5.78 Å². The number of aryl methyl sites for hydroxylation is 1. The molecule has 6 rings (SSSR count). The molecule has 0 bridgehead atoms. The number of hydrogen-bond donors (Lipinski definition) is 1. The lowest BCUT2D eigenvalue weighted by Gasteiger charge is -2.23. The zero-order valence-corrected chi connectivity index (χ0v) is 24.5. The van der Waals surface area contributed by atoms with Crippen LogP contribution in [0.3, 0.4) is 0 Å². The molecule has 3 heterocycles. The predicted octanol–water partition coefficient (Wildman–Crippen LogP) is 5.77. The number of benzene rings is 3. The van der Waals surface area contributed by atoms with E-state index in [2.05, 4.69) is 4.98 Å². The van der Waals surface area contributed by atoms with Gasteiger partial charge < -0.3 is 19.3 Å². The predicted molar refractivity (Wildman–Crippen MR) is 160 cm³/mol. The van der Waals surface area contributed by atoms with Crippen LogP contribution in [0, 0.1) is 6.92 Å². The number of aliphatic hydroxyl groups is 1. The molecule has 1 amide bonds. The number of hydrogen-bond acceptors (Lipinski definition) is 9. The molecule has 0 aliphatic carbocycles. The van der Waals surface area contributed by atoms with E-state index in [-0.39, 0.29) is 27.4 Å². The Balaban J connectivity index is 1.46. The summed E-state index contributed by atoms with van der Waals surface area (Å²) in [6.07, 6.45) is 0.651. The van der Waals surface area contributed by atoms with Crippen LogP contribution >= 0.6 is 11.3 Å². The molecule has 1 aromatic heterocycles. The van der Waals surface area contributed by atoms with Gasteiger partial charge in [0.1, 0.15) is 34.8 Å². The number of nitrogens with zero attached hydrogens (tertiary/aromatic N) is 2. The summed E-state index contributed by atoms with van der Waals surface area (Å²) in [5.74, 6) is -1.41. The summed E-state index contributed by atoms with van der Waals surface area (Å²) in [5.41, 5.74) is 3.06. The Bertz CT molecular complexity index is 1780. The first-order valence-corrected chi connectivity index (χ1v) is 14.5. The van der Waals surface area contributed by atoms with E-state index in [1.54, 1.807) is 49.4 Å². The Morgan fingerprint density at radius 2 is 1.88 bits per heavy atom. The number of amides is 1. The number of carbonyl (C=O) groups is 3. The number of aromatic nitrogens is 1. The number of aliphatic hydroxyl groups excluding tert-OH is 1. The van der Waals surface area contributed by atoms with Gasteiger partial charge in [-0.25, -0.2) is 9.78 Å². The van der Waals surface area contributed by atoms with Crippen LogP contribution in [0.4, 0.5) is 5.13 Å². The highest BCUT2D eigenvalue weighted by Gasteiger charge is 2.48. The van der Waals surface area contributed by atoms with E-state index in [1.807, 2.05) is 37.3 Å². The fraction of sp³-hybridized carbons (Fsp3) is 0.212. The summed E-state index contributed by atoms with van der Waals surface area (Å²) in [5, 5.41) is 11.8. The summed E-state index contributed by atoms with van der Waals surface area (Å²) in [4.78, 5) is 45.6. The van der Waals surface area contributed by atoms with Gasteiger partial charge in [0.2, 0.25) is 0 Å². The first kappa shape index (κ1) is 28.2. The van der Waals surface area contributed by atoms with E-state index in [1.165, 1.54) is 12.0 Å². The molecule has 0 unspecified atom stereocenters. The van der Waals surface area contributed by atoms with Crippen LogP contribution in [0.5, 0.6) is 11.5 Å². The summed E-state index contributed by atoms with van der Waals surface area (Å²) >= 11 is 0.947. The van der Waals surface area contributed by atoms with Gasteiger partial charge in [-0.05, 0) is 60.9 Å². The molecule has 0 radical (unpaired) electrons. The fourth-order valence-electron chi connectivity index (χ4n) is 5.35. The number of anilines is 1. The standard InChI is InChI=1S/C33H28N2O7S/c1-18-14-23-15-22(12-13-25(23)42-18)28(36)26-27(21-10-7-11-24(16-21)41-17-20-8-5-4-6-9-20)35(31(38)29(26)37)33-34-19(2)30(43-33)32(39)40-3/h4-13,15-16,18,27,36H,14,17H2,1-3H3/b28-26+/t18-,27-/m0/s1. The van der Waals surface area contributed by atoms with Gasteiger partial charge in [0.15, 0.2) is 5.13 Å². The zero-order chi connectivity index (χ0) is 30.2. The van der Waals surface area contributed by atoms with Crippen LogP contribution in [0.15, 0.2) is 78.4 Å². The summed E-state index contributed by atoms with van der Waals surface area (Å²) < 4.78 is 16.7. The minimum atomic E-state index is -1.04. The van der Waals surface area contributed by atoms with Gasteiger partial charge in [0, 0.05) is 12.0 Å². The SMILES string of the molecule is COC(=O)c1sc(N2C(=O)C(=O)/C(=C(/O)c3ccc4c(c3)C[C@H](C)O4)[C@@H]2c2cccc(OCc3ccccc3)c2)nc1C. The quantitative estimate of drug-likeness (QED) is 0.124. The second-order valence-corrected chi connectivity index (χ2v) is 11.4. The highest BCUT2D eigenvalue weighted by molar-refractivity contribution is 7.17. The average molecular weight is 597 g/mol. The highest BCUT2D eigenvalue weighted by Crippen LogP contribution is 2.45. The van der Waals surface area contributed by atoms with Gasteiger partial charge in [-0.1, -0.05) is 53.8 Å². The van der Waals surface area contributed by atoms with E-state index in [4.69, 9.17) is 14.2 Å². The van der Waals surface area contributed by atoms with Crippen LogP contribution < -0.4 is 14.4 Å². The number of esters is 1. The van der Waals surface area contributed by atoms with Crippen LogP contribution in [0.25, 0.3) is 5.76 Å². The van der Waals surface area contributed by atoms with Crippen molar-refractivity contribution in [1.29, 1.82) is 0 Å². The van der Waals surface area contributed by atoms with Crippen molar-refractivity contribution in [1.82, 2.24) is 4.98 Å². The van der Waals surface area contributed by atoms with Crippen LogP contribution in [0.1, 0.15) is 50.6 Å². The third-order valence-electron chi connectivity index (χ3n) is 7.40. The molecule has 0 saturated carbocycles. The summed E-state index contributed by atoms with van der Waals surface area (Å²) in [7, 11) is 1.26. The molecule has 1 N–H and O–H groups in total. The molecule has 2 aliphatic heterocycles. The second-order valence-electron chi connectivity index (χ2n) is 10.4. The van der Waals surface area contributed by atoms with Crippen molar-refractivity contribution >= 4 is 39.9 Å². The number of thiazole rings is 1. The molecule has 218 valence electrons. The number of ether oxygens (including phenoxy) is 3. The Hall–Kier alpha value is -4.96. The van der Waals surface area contributed by atoms with E-state index in [9.17, 15) is 19.5 Å². The molecule has 1 saturated heterocycles. The molecule has 43 heavy (non-hydrogen) atoms. The van der Waals surface area contributed by atoms with Crippen molar-refractivity contribution in [2.45, 2.75) is 39.0 Å². The number of methoxy groups -OCH3 is 1. The van der Waals surface area contributed by atoms with Crippen LogP contribution in [0.2, 0.25) is 0 Å². The molecule has 4 aromatic rings. The number of rotatable bonds is 7. The van der Waals surface area contributed by atoms with Crippen molar-refractivity contribution in [3.8, 4) is 11.5 Å². The minimum absolute atomic E-state index is 0.00579. The van der Waals surface area contributed by atoms with Crippen molar-refractivity contribution < 1.29 is 33.7 Å². The minimum Gasteiger partial charge on any atom is -0.507 e. The molecule has 1 fully saturated rings. The third kappa shape index (κ3) is 5.25. The van der Waals surface area contributed by atoms with Crippen molar-refractivity contribution in [2.75, 3.05) is 12.0 Å². The van der Waals surface area contributed by atoms with Crippen LogP contribution in [-0.2, 0) is 27.4 Å². The van der Waals surface area contributed by atoms with E-state index in [0.717, 1.165) is 28.2 Å². The van der Waals surface area contributed by atoms with Crippen molar-refractivity contribution in [3.05, 3.63) is 111 Å². The lowest BCUT2D eigenvalue weighted by Crippen LogP contribution is -2.29. The molecule has 0 spiro atoms. The Morgan fingerprint density at radius 1 is 1.09 bits per heavy atom. The average Bonchev–Trinajstić information content (AvgIpc) is 3.67. The molecule has 2 aliphatic rings. The largest absolute Gasteiger partial charge is 0.507 e. The first-order valence-electron chi connectivity index (χ1n) is 13.7. The maximum Gasteiger partial charge on any atom is 0.350 e. The first-order chi connectivity index (χ1) is 20.7. The normalized spacial score (nSPS) is 18.8. The molecule has 9 nitrogen and oxygen atoms in total. The monoisotopic (exact) mass is 596 g/mol. The van der Waals surface area contributed by atoms with Gasteiger partial charge in [-0.3, -0.25) is 14.5 Å². The number of Topliss-reactive ketones (excluding diaryl/α,β-unsaturated/α-hetero) is 1. The summed E-state index contributed by atoms with van der Waals surface area (Å²) in [6, 6.07) is 20.9. The Labute approximate surface area is 252 Å². The molecule has 10 heteroatoms. The van der Waals surface area contributed by atoms with Gasteiger partial charge >= 0.3 is 11.9 Å². The number of ketones is 1. The maximum absolute atomic E-state index is 13.7. The number of carbonyl (C=O) groups excluding carboxylic acids is 3. The van der Waals surface area contributed by atoms with Crippen LogP contribution in [-0.4, -0.2) is 41.0 Å². The van der Waals surface area contributed by atoms with Gasteiger partial charge in [0.05, 0.1) is 24.4 Å². The maximum atomic E-state index is 13.7. The molecule has 3 aromatic carbocycles. The van der Waals surface area contributed by atoms with Crippen molar-refractivity contribution in [3.63, 3.8) is 0 Å². The number of fused-ring (bicyclic) bond motifs is 1. The smallest absolute Gasteiger partial charge is 0.350 e. The van der Waals surface area contributed by atoms with Crippen molar-refractivity contribution in [2.24, 2.45) is 0 Å². The Morgan fingerprint density at radius 3 is 2.65 bits per heavy atom. The van der Waals surface area contributed by atoms with Gasteiger partial charge in [-0.15, -0.1) is 0 Å².